The molecular formula is C13H11BrN2O3. The fraction of sp³-hybridized carbons (Fsp3) is 0.154. The van der Waals surface area contributed by atoms with Crippen molar-refractivity contribution in [1.29, 1.82) is 0 Å². The number of hydrogen-bond donors (Lipinski definition) is 1. The van der Waals surface area contributed by atoms with Gasteiger partial charge in [0.05, 0.1) is 12.1 Å². The summed E-state index contributed by atoms with van der Waals surface area (Å²) in [4.78, 5) is 18.9. The Hall–Kier alpha value is -1.95. The summed E-state index contributed by atoms with van der Waals surface area (Å²) >= 11 is 3.33. The van der Waals surface area contributed by atoms with Gasteiger partial charge in [0, 0.05) is 10.5 Å². The van der Waals surface area contributed by atoms with Crippen LogP contribution in [-0.4, -0.2) is 21.0 Å². The van der Waals surface area contributed by atoms with Crippen LogP contribution in [0.2, 0.25) is 0 Å². The molecule has 2 rings (SSSR count). The molecule has 0 aliphatic rings. The largest absolute Gasteiger partial charge is 0.481 e. The van der Waals surface area contributed by atoms with Crippen LogP contribution >= 0.6 is 15.9 Å². The number of carboxylic acids is 1. The molecule has 0 saturated heterocycles. The highest BCUT2D eigenvalue weighted by Crippen LogP contribution is 2.22. The maximum absolute atomic E-state index is 10.7. The predicted molar refractivity (Wildman–Crippen MR) is 72.3 cm³/mol. The van der Waals surface area contributed by atoms with Crippen molar-refractivity contribution >= 4 is 21.9 Å². The van der Waals surface area contributed by atoms with Gasteiger partial charge in [-0.2, -0.15) is 4.98 Å². The zero-order valence-corrected chi connectivity index (χ0v) is 11.7. The molecule has 98 valence electrons. The first-order valence-electron chi connectivity index (χ1n) is 5.53. The predicted octanol–water partition coefficient (Wildman–Crippen LogP) is 2.97. The summed E-state index contributed by atoms with van der Waals surface area (Å²) < 4.78 is 6.52. The zero-order valence-electron chi connectivity index (χ0n) is 10.1. The Morgan fingerprint density at radius 1 is 1.32 bits per heavy atom. The highest BCUT2D eigenvalue weighted by molar-refractivity contribution is 9.10. The summed E-state index contributed by atoms with van der Waals surface area (Å²) in [5, 5.41) is 8.76. The monoisotopic (exact) mass is 322 g/mol. The van der Waals surface area contributed by atoms with Crippen molar-refractivity contribution in [3.63, 3.8) is 0 Å². The van der Waals surface area contributed by atoms with Gasteiger partial charge in [0.15, 0.2) is 0 Å². The van der Waals surface area contributed by atoms with Gasteiger partial charge in [0.1, 0.15) is 11.6 Å². The van der Waals surface area contributed by atoms with Gasteiger partial charge >= 0.3 is 5.97 Å². The minimum Gasteiger partial charge on any atom is -0.481 e. The molecule has 0 amide bonds. The third kappa shape index (κ3) is 4.03. The standard InChI is InChI=1S/C13H11BrN2O3/c1-8-15-10(7-13(17)18)6-12(16-8)19-11-4-2-9(14)3-5-11/h2-6H,7H2,1H3,(H,17,18). The smallest absolute Gasteiger partial charge is 0.309 e. The van der Waals surface area contributed by atoms with E-state index in [2.05, 4.69) is 25.9 Å². The number of ether oxygens (including phenoxy) is 1. The molecule has 0 radical (unpaired) electrons. The second kappa shape index (κ2) is 5.79. The molecule has 19 heavy (non-hydrogen) atoms. The molecule has 0 fully saturated rings. The Bertz CT molecular complexity index is 599. The van der Waals surface area contributed by atoms with Crippen molar-refractivity contribution < 1.29 is 14.6 Å². The molecule has 1 heterocycles. The Morgan fingerprint density at radius 3 is 2.63 bits per heavy atom. The molecule has 1 aromatic heterocycles. The Balaban J connectivity index is 2.22. The molecule has 6 heteroatoms. The van der Waals surface area contributed by atoms with E-state index in [9.17, 15) is 4.79 Å². The maximum atomic E-state index is 10.7. The van der Waals surface area contributed by atoms with Gasteiger partial charge < -0.3 is 9.84 Å². The minimum absolute atomic E-state index is 0.153. The van der Waals surface area contributed by atoms with Gasteiger partial charge in [-0.05, 0) is 31.2 Å². The molecule has 5 nitrogen and oxygen atoms in total. The first kappa shape index (κ1) is 13.5. The van der Waals surface area contributed by atoms with Crippen molar-refractivity contribution in [2.75, 3.05) is 0 Å². The van der Waals surface area contributed by atoms with Crippen molar-refractivity contribution in [2.45, 2.75) is 13.3 Å². The molecule has 0 atom stereocenters. The molecule has 2 aromatic rings. The lowest BCUT2D eigenvalue weighted by atomic mass is 10.3. The number of rotatable bonds is 4. The summed E-state index contributed by atoms with van der Waals surface area (Å²) in [6.07, 6.45) is -0.153. The number of hydrogen-bond acceptors (Lipinski definition) is 4. The summed E-state index contributed by atoms with van der Waals surface area (Å²) in [5.74, 6) is 0.507. The Labute approximate surface area is 118 Å². The molecule has 0 aliphatic heterocycles. The first-order valence-corrected chi connectivity index (χ1v) is 6.32. The van der Waals surface area contributed by atoms with E-state index in [1.165, 1.54) is 6.07 Å². The second-order valence-electron chi connectivity index (χ2n) is 3.87. The molecule has 0 saturated carbocycles. The minimum atomic E-state index is -0.937. The zero-order chi connectivity index (χ0) is 13.8. The quantitative estimate of drug-likeness (QED) is 0.936. The van der Waals surface area contributed by atoms with E-state index in [0.29, 0.717) is 23.1 Å². The van der Waals surface area contributed by atoms with Crippen LogP contribution in [-0.2, 0) is 11.2 Å². The number of aromatic nitrogens is 2. The molecule has 0 bridgehead atoms. The van der Waals surface area contributed by atoms with E-state index >= 15 is 0 Å². The van der Waals surface area contributed by atoms with E-state index < -0.39 is 5.97 Å². The lowest BCUT2D eigenvalue weighted by Gasteiger charge is -2.07. The van der Waals surface area contributed by atoms with Crippen molar-refractivity contribution in [1.82, 2.24) is 9.97 Å². The molecule has 1 aromatic carbocycles. The summed E-state index contributed by atoms with van der Waals surface area (Å²) in [7, 11) is 0. The van der Waals surface area contributed by atoms with Crippen molar-refractivity contribution in [2.24, 2.45) is 0 Å². The Kier molecular flexibility index (Phi) is 4.11. The topological polar surface area (TPSA) is 72.3 Å². The van der Waals surface area contributed by atoms with Crippen LogP contribution in [0.1, 0.15) is 11.5 Å². The van der Waals surface area contributed by atoms with Crippen LogP contribution in [0.4, 0.5) is 0 Å². The third-order valence-corrected chi connectivity index (χ3v) is 2.76. The normalized spacial score (nSPS) is 10.2. The SMILES string of the molecule is Cc1nc(CC(=O)O)cc(Oc2ccc(Br)cc2)n1. The van der Waals surface area contributed by atoms with Crippen LogP contribution < -0.4 is 4.74 Å². The lowest BCUT2D eigenvalue weighted by Crippen LogP contribution is -2.05. The number of nitrogens with zero attached hydrogens (tertiary/aromatic N) is 2. The average molecular weight is 323 g/mol. The third-order valence-electron chi connectivity index (χ3n) is 2.24. The van der Waals surface area contributed by atoms with Gasteiger partial charge in [-0.25, -0.2) is 4.98 Å². The fourth-order valence-electron chi connectivity index (χ4n) is 1.52. The summed E-state index contributed by atoms with van der Waals surface area (Å²) in [5.41, 5.74) is 0.423. The van der Waals surface area contributed by atoms with E-state index in [1.54, 1.807) is 19.1 Å². The lowest BCUT2D eigenvalue weighted by molar-refractivity contribution is -0.136. The molecule has 0 aliphatic carbocycles. The number of benzene rings is 1. The molecule has 0 unspecified atom stereocenters. The number of aliphatic carboxylic acids is 1. The van der Waals surface area contributed by atoms with E-state index in [-0.39, 0.29) is 6.42 Å². The second-order valence-corrected chi connectivity index (χ2v) is 4.79. The maximum Gasteiger partial charge on any atom is 0.309 e. The summed E-state index contributed by atoms with van der Waals surface area (Å²) in [6, 6.07) is 8.81. The van der Waals surface area contributed by atoms with Gasteiger partial charge in [-0.15, -0.1) is 0 Å². The Morgan fingerprint density at radius 2 is 2.00 bits per heavy atom. The van der Waals surface area contributed by atoms with Crippen molar-refractivity contribution in [3.8, 4) is 11.6 Å². The van der Waals surface area contributed by atoms with E-state index in [0.717, 1.165) is 4.47 Å². The van der Waals surface area contributed by atoms with Crippen LogP contribution in [0.25, 0.3) is 0 Å². The first-order chi connectivity index (χ1) is 9.02. The molecule has 0 spiro atoms. The van der Waals surface area contributed by atoms with Gasteiger partial charge in [0.25, 0.3) is 0 Å². The van der Waals surface area contributed by atoms with Crippen LogP contribution in [0.5, 0.6) is 11.6 Å². The van der Waals surface area contributed by atoms with Gasteiger partial charge in [-0.1, -0.05) is 15.9 Å². The molecule has 1 N–H and O–H groups in total. The van der Waals surface area contributed by atoms with Crippen LogP contribution in [0, 0.1) is 6.92 Å². The fourth-order valence-corrected chi connectivity index (χ4v) is 1.78. The van der Waals surface area contributed by atoms with E-state index in [4.69, 9.17) is 9.84 Å². The highest BCUT2D eigenvalue weighted by atomic mass is 79.9. The highest BCUT2D eigenvalue weighted by Gasteiger charge is 2.07. The number of halogens is 1. The van der Waals surface area contributed by atoms with Gasteiger partial charge in [0.2, 0.25) is 5.88 Å². The number of carboxylic acid groups (broad SMARTS) is 1. The van der Waals surface area contributed by atoms with E-state index in [1.807, 2.05) is 12.1 Å². The van der Waals surface area contributed by atoms with Crippen LogP contribution in [0.3, 0.4) is 0 Å². The van der Waals surface area contributed by atoms with Gasteiger partial charge in [-0.3, -0.25) is 4.79 Å². The number of aryl methyl sites for hydroxylation is 1. The summed E-state index contributed by atoms with van der Waals surface area (Å²) in [6.45, 7) is 1.69. The molecular weight excluding hydrogens is 312 g/mol. The van der Waals surface area contributed by atoms with Crippen molar-refractivity contribution in [3.05, 3.63) is 46.3 Å². The van der Waals surface area contributed by atoms with Crippen LogP contribution in [0.15, 0.2) is 34.8 Å². The number of carbonyl (C=O) groups is 1. The average Bonchev–Trinajstić information content (AvgIpc) is 2.30.